The van der Waals surface area contributed by atoms with Crippen LogP contribution in [0.25, 0.3) is 0 Å². The molecular formula is C14H21N3O3. The van der Waals surface area contributed by atoms with Gasteiger partial charge in [0.2, 0.25) is 0 Å². The van der Waals surface area contributed by atoms with Gasteiger partial charge in [0.25, 0.3) is 0 Å². The van der Waals surface area contributed by atoms with Gasteiger partial charge in [0, 0.05) is 39.3 Å². The molecule has 0 bridgehead atoms. The average Bonchev–Trinajstić information content (AvgIpc) is 3.00. The molecule has 1 atom stereocenters. The second-order valence-corrected chi connectivity index (χ2v) is 4.79. The summed E-state index contributed by atoms with van der Waals surface area (Å²) in [5.74, 6) is 0.580. The molecule has 0 spiro atoms. The number of rotatable bonds is 5. The first kappa shape index (κ1) is 14.6. The molecule has 110 valence electrons. The number of carbonyl (C=O) groups excluding carboxylic acids is 1. The van der Waals surface area contributed by atoms with Gasteiger partial charge >= 0.3 is 6.03 Å². The van der Waals surface area contributed by atoms with Crippen molar-refractivity contribution in [1.82, 2.24) is 15.1 Å². The molecule has 20 heavy (non-hydrogen) atoms. The van der Waals surface area contributed by atoms with E-state index in [0.717, 1.165) is 13.1 Å². The molecule has 1 aliphatic heterocycles. The van der Waals surface area contributed by atoms with Gasteiger partial charge in [0.05, 0.1) is 6.26 Å². The van der Waals surface area contributed by atoms with Crippen molar-refractivity contribution in [3.05, 3.63) is 36.8 Å². The van der Waals surface area contributed by atoms with Crippen molar-refractivity contribution in [3.8, 4) is 0 Å². The van der Waals surface area contributed by atoms with Gasteiger partial charge < -0.3 is 19.7 Å². The molecule has 1 fully saturated rings. The monoisotopic (exact) mass is 279 g/mol. The van der Waals surface area contributed by atoms with Gasteiger partial charge in [0.1, 0.15) is 11.9 Å². The predicted octanol–water partition coefficient (Wildman–Crippen LogP) is 0.826. The van der Waals surface area contributed by atoms with Gasteiger partial charge in [-0.1, -0.05) is 6.08 Å². The van der Waals surface area contributed by atoms with Crippen molar-refractivity contribution in [2.75, 3.05) is 39.3 Å². The lowest BCUT2D eigenvalue weighted by atomic mass is 10.2. The molecule has 0 unspecified atom stereocenters. The van der Waals surface area contributed by atoms with E-state index in [2.05, 4.69) is 16.8 Å². The summed E-state index contributed by atoms with van der Waals surface area (Å²) in [5.41, 5.74) is 0. The van der Waals surface area contributed by atoms with Crippen LogP contribution in [0.1, 0.15) is 11.9 Å². The largest absolute Gasteiger partial charge is 0.467 e. The Morgan fingerprint density at radius 2 is 2.25 bits per heavy atom. The molecule has 1 aliphatic rings. The van der Waals surface area contributed by atoms with Gasteiger partial charge in [-0.15, -0.1) is 6.58 Å². The predicted molar refractivity (Wildman–Crippen MR) is 75.3 cm³/mol. The van der Waals surface area contributed by atoms with E-state index in [4.69, 9.17) is 4.42 Å². The second kappa shape index (κ2) is 7.12. The third-order valence-corrected chi connectivity index (χ3v) is 3.36. The van der Waals surface area contributed by atoms with E-state index in [1.807, 2.05) is 0 Å². The van der Waals surface area contributed by atoms with Gasteiger partial charge in [-0.2, -0.15) is 0 Å². The number of amides is 2. The van der Waals surface area contributed by atoms with Crippen LogP contribution < -0.4 is 5.32 Å². The highest BCUT2D eigenvalue weighted by atomic mass is 16.4. The molecule has 2 heterocycles. The van der Waals surface area contributed by atoms with Crippen molar-refractivity contribution < 1.29 is 14.3 Å². The Balaban J connectivity index is 1.74. The van der Waals surface area contributed by atoms with E-state index in [0.29, 0.717) is 31.9 Å². The Kier molecular flexibility index (Phi) is 5.20. The normalized spacial score (nSPS) is 17.8. The first-order valence-corrected chi connectivity index (χ1v) is 6.78. The Labute approximate surface area is 118 Å². The number of hydrogen-bond donors (Lipinski definition) is 2. The van der Waals surface area contributed by atoms with E-state index in [1.54, 1.807) is 29.4 Å². The number of furan rings is 1. The lowest BCUT2D eigenvalue weighted by Crippen LogP contribution is -2.52. The van der Waals surface area contributed by atoms with Crippen LogP contribution in [0, 0.1) is 0 Å². The van der Waals surface area contributed by atoms with Gasteiger partial charge in [-0.05, 0) is 12.1 Å². The fourth-order valence-corrected chi connectivity index (χ4v) is 2.22. The molecule has 2 N–H and O–H groups in total. The van der Waals surface area contributed by atoms with E-state index in [9.17, 15) is 9.90 Å². The van der Waals surface area contributed by atoms with Crippen LogP contribution in [0.15, 0.2) is 35.5 Å². The third-order valence-electron chi connectivity index (χ3n) is 3.36. The minimum atomic E-state index is -0.619. The summed E-state index contributed by atoms with van der Waals surface area (Å²) in [6, 6.07) is 3.47. The zero-order valence-electron chi connectivity index (χ0n) is 11.5. The lowest BCUT2D eigenvalue weighted by molar-refractivity contribution is 0.0693. The van der Waals surface area contributed by atoms with E-state index in [1.165, 1.54) is 0 Å². The van der Waals surface area contributed by atoms with Crippen LogP contribution in [-0.2, 0) is 0 Å². The highest BCUT2D eigenvalue weighted by Gasteiger charge is 2.23. The summed E-state index contributed by atoms with van der Waals surface area (Å²) in [5, 5.41) is 12.8. The SMILES string of the molecule is C=CCNC(=O)N1CCN(C[C@@H](O)c2ccco2)CC1. The minimum absolute atomic E-state index is 0.0591. The highest BCUT2D eigenvalue weighted by Crippen LogP contribution is 2.15. The summed E-state index contributed by atoms with van der Waals surface area (Å²) in [7, 11) is 0. The summed E-state index contributed by atoms with van der Waals surface area (Å²) in [6.45, 7) is 7.39. The summed E-state index contributed by atoms with van der Waals surface area (Å²) in [4.78, 5) is 15.7. The number of aliphatic hydroxyl groups is 1. The van der Waals surface area contributed by atoms with Crippen LogP contribution in [0.2, 0.25) is 0 Å². The van der Waals surface area contributed by atoms with E-state index < -0.39 is 6.10 Å². The molecule has 1 aromatic heterocycles. The number of carbonyl (C=O) groups is 1. The van der Waals surface area contributed by atoms with Crippen molar-refractivity contribution in [2.24, 2.45) is 0 Å². The molecule has 0 saturated carbocycles. The molecule has 2 rings (SSSR count). The summed E-state index contributed by atoms with van der Waals surface area (Å²) in [6.07, 6.45) is 2.60. The smallest absolute Gasteiger partial charge is 0.317 e. The number of hydrogen-bond acceptors (Lipinski definition) is 4. The van der Waals surface area contributed by atoms with E-state index in [-0.39, 0.29) is 6.03 Å². The zero-order valence-corrected chi connectivity index (χ0v) is 11.5. The maximum absolute atomic E-state index is 11.8. The van der Waals surface area contributed by atoms with Crippen molar-refractivity contribution in [3.63, 3.8) is 0 Å². The summed E-state index contributed by atoms with van der Waals surface area (Å²) >= 11 is 0. The van der Waals surface area contributed by atoms with Crippen molar-refractivity contribution in [2.45, 2.75) is 6.10 Å². The van der Waals surface area contributed by atoms with Gasteiger partial charge in [-0.3, -0.25) is 4.90 Å². The first-order chi connectivity index (χ1) is 9.70. The van der Waals surface area contributed by atoms with Crippen LogP contribution >= 0.6 is 0 Å². The Morgan fingerprint density at radius 3 is 2.85 bits per heavy atom. The number of aliphatic hydroxyl groups excluding tert-OH is 1. The maximum atomic E-state index is 11.8. The Hall–Kier alpha value is -1.79. The highest BCUT2D eigenvalue weighted by molar-refractivity contribution is 5.74. The number of urea groups is 1. The van der Waals surface area contributed by atoms with Crippen molar-refractivity contribution in [1.29, 1.82) is 0 Å². The molecule has 1 aromatic rings. The quantitative estimate of drug-likeness (QED) is 0.783. The number of nitrogens with one attached hydrogen (secondary N) is 1. The molecule has 2 amide bonds. The van der Waals surface area contributed by atoms with Crippen LogP contribution in [0.4, 0.5) is 4.79 Å². The Morgan fingerprint density at radius 1 is 1.50 bits per heavy atom. The molecular weight excluding hydrogens is 258 g/mol. The number of nitrogens with zero attached hydrogens (tertiary/aromatic N) is 2. The van der Waals surface area contributed by atoms with Crippen molar-refractivity contribution >= 4 is 6.03 Å². The van der Waals surface area contributed by atoms with E-state index >= 15 is 0 Å². The zero-order chi connectivity index (χ0) is 14.4. The fraction of sp³-hybridized carbons (Fsp3) is 0.500. The molecule has 1 saturated heterocycles. The number of β-amino-alcohol motifs (C(OH)–C–C–N with tert-alkyl or cyclic N) is 1. The summed E-state index contributed by atoms with van der Waals surface area (Å²) < 4.78 is 5.18. The van der Waals surface area contributed by atoms with Gasteiger partial charge in [0.15, 0.2) is 0 Å². The van der Waals surface area contributed by atoms with Crippen LogP contribution in [0.3, 0.4) is 0 Å². The molecule has 6 heteroatoms. The second-order valence-electron chi connectivity index (χ2n) is 4.79. The topological polar surface area (TPSA) is 69.0 Å². The molecule has 0 aromatic carbocycles. The first-order valence-electron chi connectivity index (χ1n) is 6.78. The molecule has 0 aliphatic carbocycles. The Bertz CT molecular complexity index is 425. The fourth-order valence-electron chi connectivity index (χ4n) is 2.22. The molecule has 0 radical (unpaired) electrons. The van der Waals surface area contributed by atoms with Gasteiger partial charge in [-0.25, -0.2) is 4.79 Å². The molecule has 6 nitrogen and oxygen atoms in total. The maximum Gasteiger partial charge on any atom is 0.317 e. The third kappa shape index (κ3) is 3.85. The number of piperazine rings is 1. The average molecular weight is 279 g/mol. The standard InChI is InChI=1S/C14H21N3O3/c1-2-5-15-14(19)17-8-6-16(7-9-17)11-12(18)13-4-3-10-20-13/h2-4,10,12,18H,1,5-9,11H2,(H,15,19)/t12-/m1/s1. The lowest BCUT2D eigenvalue weighted by Gasteiger charge is -2.35. The van der Waals surface area contributed by atoms with Crippen LogP contribution in [0.5, 0.6) is 0 Å². The minimum Gasteiger partial charge on any atom is -0.467 e. The van der Waals surface area contributed by atoms with Crippen LogP contribution in [-0.4, -0.2) is 60.2 Å².